The van der Waals surface area contributed by atoms with Gasteiger partial charge < -0.3 is 5.32 Å². The van der Waals surface area contributed by atoms with Crippen LogP contribution in [0.15, 0.2) is 23.1 Å². The average Bonchev–Trinajstić information content (AvgIpc) is 2.01. The zero-order chi connectivity index (χ0) is 10.1. The molecule has 0 radical (unpaired) electrons. The van der Waals surface area contributed by atoms with Crippen molar-refractivity contribution < 1.29 is 8.42 Å². The van der Waals surface area contributed by atoms with Gasteiger partial charge in [-0.25, -0.2) is 8.42 Å². The van der Waals surface area contributed by atoms with Gasteiger partial charge in [-0.3, -0.25) is 0 Å². The molecule has 0 atom stereocenters. The van der Waals surface area contributed by atoms with Crippen molar-refractivity contribution in [2.24, 2.45) is 0 Å². The van der Waals surface area contributed by atoms with E-state index < -0.39 is 9.84 Å². The number of sulfone groups is 1. The molecule has 0 unspecified atom stereocenters. The van der Waals surface area contributed by atoms with Crippen molar-refractivity contribution in [1.82, 2.24) is 0 Å². The van der Waals surface area contributed by atoms with E-state index >= 15 is 0 Å². The van der Waals surface area contributed by atoms with Crippen molar-refractivity contribution in [2.45, 2.75) is 4.90 Å². The summed E-state index contributed by atoms with van der Waals surface area (Å²) in [4.78, 5) is 0.263. The second-order valence-corrected chi connectivity index (χ2v) is 5.08. The molecule has 1 aromatic carbocycles. The van der Waals surface area contributed by atoms with E-state index in [1.54, 1.807) is 19.2 Å². The zero-order valence-corrected chi connectivity index (χ0v) is 8.91. The third-order valence-electron chi connectivity index (χ3n) is 1.61. The predicted molar refractivity (Wildman–Crippen MR) is 54.1 cm³/mol. The lowest BCUT2D eigenvalue weighted by Crippen LogP contribution is -2.02. The summed E-state index contributed by atoms with van der Waals surface area (Å²) in [6.07, 6.45) is 1.16. The molecule has 5 heteroatoms. The summed E-state index contributed by atoms with van der Waals surface area (Å²) in [5, 5.41) is 3.29. The molecule has 0 amide bonds. The molecule has 0 aliphatic heterocycles. The number of anilines is 1. The monoisotopic (exact) mass is 219 g/mol. The quantitative estimate of drug-likeness (QED) is 0.825. The lowest BCUT2D eigenvalue weighted by Gasteiger charge is -2.06. The van der Waals surface area contributed by atoms with Crippen LogP contribution in [0.25, 0.3) is 0 Å². The number of halogens is 1. The Labute approximate surface area is 82.6 Å². The fraction of sp³-hybridized carbons (Fsp3) is 0.250. The first kappa shape index (κ1) is 10.3. The summed E-state index contributed by atoms with van der Waals surface area (Å²) in [7, 11) is -1.53. The van der Waals surface area contributed by atoms with Crippen LogP contribution < -0.4 is 5.32 Å². The van der Waals surface area contributed by atoms with Gasteiger partial charge in [0.1, 0.15) is 0 Å². The van der Waals surface area contributed by atoms with Crippen molar-refractivity contribution in [3.05, 3.63) is 23.2 Å². The van der Waals surface area contributed by atoms with Gasteiger partial charge in [-0.05, 0) is 18.2 Å². The molecule has 1 aromatic rings. The normalized spacial score (nSPS) is 11.3. The summed E-state index contributed by atoms with van der Waals surface area (Å²) in [5.74, 6) is 0. The summed E-state index contributed by atoms with van der Waals surface area (Å²) in [6, 6.07) is 4.63. The summed E-state index contributed by atoms with van der Waals surface area (Å²) >= 11 is 5.71. The SMILES string of the molecule is CNc1cc(Cl)ccc1S(C)(=O)=O. The molecule has 0 aliphatic rings. The Bertz CT molecular complexity index is 414. The number of benzene rings is 1. The molecule has 3 nitrogen and oxygen atoms in total. The Kier molecular flexibility index (Phi) is 2.83. The van der Waals surface area contributed by atoms with E-state index in [-0.39, 0.29) is 4.90 Å². The Morgan fingerprint density at radius 3 is 2.46 bits per heavy atom. The number of hydrogen-bond donors (Lipinski definition) is 1. The van der Waals surface area contributed by atoms with E-state index in [4.69, 9.17) is 11.6 Å². The molecule has 0 spiro atoms. The lowest BCUT2D eigenvalue weighted by atomic mass is 10.3. The number of rotatable bonds is 2. The maximum absolute atomic E-state index is 11.2. The highest BCUT2D eigenvalue weighted by molar-refractivity contribution is 7.90. The summed E-state index contributed by atoms with van der Waals surface area (Å²) in [6.45, 7) is 0. The minimum absolute atomic E-state index is 0.263. The van der Waals surface area contributed by atoms with Gasteiger partial charge >= 0.3 is 0 Å². The highest BCUT2D eigenvalue weighted by Gasteiger charge is 2.11. The van der Waals surface area contributed by atoms with E-state index in [0.717, 1.165) is 6.26 Å². The summed E-state index contributed by atoms with van der Waals surface area (Å²) < 4.78 is 22.5. The van der Waals surface area contributed by atoms with Crippen LogP contribution in [0.1, 0.15) is 0 Å². The topological polar surface area (TPSA) is 46.2 Å². The van der Waals surface area contributed by atoms with Gasteiger partial charge in [0.2, 0.25) is 0 Å². The molecular weight excluding hydrogens is 210 g/mol. The Hall–Kier alpha value is -0.740. The molecule has 0 aromatic heterocycles. The van der Waals surface area contributed by atoms with E-state index in [9.17, 15) is 8.42 Å². The Morgan fingerprint density at radius 1 is 1.38 bits per heavy atom. The maximum atomic E-state index is 11.2. The van der Waals surface area contributed by atoms with Gasteiger partial charge in [-0.15, -0.1) is 0 Å². The van der Waals surface area contributed by atoms with Crippen molar-refractivity contribution >= 4 is 27.1 Å². The predicted octanol–water partition coefficient (Wildman–Crippen LogP) is 1.79. The van der Waals surface area contributed by atoms with E-state index in [0.29, 0.717) is 10.7 Å². The molecule has 72 valence electrons. The Balaban J connectivity index is 3.39. The van der Waals surface area contributed by atoms with Gasteiger partial charge in [-0.2, -0.15) is 0 Å². The second-order valence-electron chi connectivity index (χ2n) is 2.66. The van der Waals surface area contributed by atoms with Crippen LogP contribution in [0, 0.1) is 0 Å². The largest absolute Gasteiger partial charge is 0.387 e. The van der Waals surface area contributed by atoms with Crippen LogP contribution in [0.5, 0.6) is 0 Å². The minimum Gasteiger partial charge on any atom is -0.387 e. The first-order chi connectivity index (χ1) is 5.95. The minimum atomic E-state index is -3.18. The van der Waals surface area contributed by atoms with Gasteiger partial charge in [-0.1, -0.05) is 11.6 Å². The molecule has 0 bridgehead atoms. The van der Waals surface area contributed by atoms with Crippen molar-refractivity contribution in [2.75, 3.05) is 18.6 Å². The van der Waals surface area contributed by atoms with Crippen LogP contribution in [-0.4, -0.2) is 21.7 Å². The number of nitrogens with one attached hydrogen (secondary N) is 1. The van der Waals surface area contributed by atoms with Gasteiger partial charge in [0.15, 0.2) is 9.84 Å². The highest BCUT2D eigenvalue weighted by atomic mass is 35.5. The molecule has 1 N–H and O–H groups in total. The van der Waals surface area contributed by atoms with Crippen LogP contribution >= 0.6 is 11.6 Å². The highest BCUT2D eigenvalue weighted by Crippen LogP contribution is 2.24. The molecule has 0 fully saturated rings. The fourth-order valence-electron chi connectivity index (χ4n) is 1.02. The lowest BCUT2D eigenvalue weighted by molar-refractivity contribution is 0.602. The van der Waals surface area contributed by atoms with Gasteiger partial charge in [0.05, 0.1) is 10.6 Å². The molecule has 0 saturated heterocycles. The summed E-state index contributed by atoms with van der Waals surface area (Å²) in [5.41, 5.74) is 0.523. The van der Waals surface area contributed by atoms with Crippen LogP contribution in [0.3, 0.4) is 0 Å². The molecule has 0 saturated carbocycles. The van der Waals surface area contributed by atoms with Gasteiger partial charge in [0, 0.05) is 18.3 Å². The van der Waals surface area contributed by atoms with Crippen molar-refractivity contribution in [3.8, 4) is 0 Å². The van der Waals surface area contributed by atoms with E-state index in [1.165, 1.54) is 6.07 Å². The van der Waals surface area contributed by atoms with Crippen molar-refractivity contribution in [1.29, 1.82) is 0 Å². The molecule has 1 rings (SSSR count). The third-order valence-corrected chi connectivity index (χ3v) is 3.00. The van der Waals surface area contributed by atoms with E-state index in [2.05, 4.69) is 5.32 Å². The van der Waals surface area contributed by atoms with Crippen LogP contribution in [0.4, 0.5) is 5.69 Å². The average molecular weight is 220 g/mol. The van der Waals surface area contributed by atoms with E-state index in [1.807, 2.05) is 0 Å². The molecule has 13 heavy (non-hydrogen) atoms. The molecular formula is C8H10ClNO2S. The van der Waals surface area contributed by atoms with Crippen LogP contribution in [0.2, 0.25) is 5.02 Å². The molecule has 0 heterocycles. The fourth-order valence-corrected chi connectivity index (χ4v) is 2.07. The van der Waals surface area contributed by atoms with Gasteiger partial charge in [0.25, 0.3) is 0 Å². The maximum Gasteiger partial charge on any atom is 0.177 e. The zero-order valence-electron chi connectivity index (χ0n) is 7.33. The number of hydrogen-bond acceptors (Lipinski definition) is 3. The first-order valence-corrected chi connectivity index (χ1v) is 5.89. The molecule has 0 aliphatic carbocycles. The first-order valence-electron chi connectivity index (χ1n) is 3.62. The Morgan fingerprint density at radius 2 is 2.00 bits per heavy atom. The third kappa shape index (κ3) is 2.35. The standard InChI is InChI=1S/C8H10ClNO2S/c1-10-7-5-6(9)3-4-8(7)13(2,11)12/h3-5,10H,1-2H3. The smallest absolute Gasteiger partial charge is 0.177 e. The van der Waals surface area contributed by atoms with Crippen LogP contribution in [-0.2, 0) is 9.84 Å². The van der Waals surface area contributed by atoms with Crippen molar-refractivity contribution in [3.63, 3.8) is 0 Å². The second kappa shape index (κ2) is 3.55.